The first kappa shape index (κ1) is 16.0. The van der Waals surface area contributed by atoms with E-state index in [0.29, 0.717) is 17.5 Å². The van der Waals surface area contributed by atoms with E-state index in [9.17, 15) is 0 Å². The third kappa shape index (κ3) is 4.89. The third-order valence-corrected chi connectivity index (χ3v) is 4.08. The molecule has 18 heavy (non-hydrogen) atoms. The summed E-state index contributed by atoms with van der Waals surface area (Å²) < 4.78 is 0. The molecule has 2 atom stereocenters. The van der Waals surface area contributed by atoms with Crippen LogP contribution in [0.5, 0.6) is 0 Å². The summed E-state index contributed by atoms with van der Waals surface area (Å²) in [6, 6.07) is 0.953. The molecule has 0 spiro atoms. The maximum Gasteiger partial charge on any atom is 0.0252 e. The maximum absolute atomic E-state index is 6.41. The van der Waals surface area contributed by atoms with Crippen LogP contribution in [0, 0.1) is 17.3 Å². The van der Waals surface area contributed by atoms with Crippen LogP contribution in [0.2, 0.25) is 0 Å². The Morgan fingerprint density at radius 1 is 1.11 bits per heavy atom. The first-order valence-corrected chi connectivity index (χ1v) is 7.71. The van der Waals surface area contributed by atoms with Crippen molar-refractivity contribution in [2.75, 3.05) is 13.1 Å². The minimum atomic E-state index is 0.371. The average molecular weight is 254 g/mol. The molecule has 0 heterocycles. The van der Waals surface area contributed by atoms with Crippen molar-refractivity contribution in [3.8, 4) is 0 Å². The van der Waals surface area contributed by atoms with Crippen LogP contribution in [0.3, 0.4) is 0 Å². The summed E-state index contributed by atoms with van der Waals surface area (Å²) in [7, 11) is 0. The highest BCUT2D eigenvalue weighted by molar-refractivity contribution is 4.93. The van der Waals surface area contributed by atoms with E-state index in [-0.39, 0.29) is 0 Å². The largest absolute Gasteiger partial charge is 0.326 e. The van der Waals surface area contributed by atoms with E-state index in [1.165, 1.54) is 32.4 Å². The van der Waals surface area contributed by atoms with Crippen LogP contribution in [0.15, 0.2) is 0 Å². The van der Waals surface area contributed by atoms with Gasteiger partial charge in [-0.3, -0.25) is 4.90 Å². The minimum Gasteiger partial charge on any atom is -0.326 e. The van der Waals surface area contributed by atoms with Gasteiger partial charge in [0.25, 0.3) is 0 Å². The molecule has 2 unspecified atom stereocenters. The lowest BCUT2D eigenvalue weighted by Gasteiger charge is -2.46. The summed E-state index contributed by atoms with van der Waals surface area (Å²) in [5.41, 5.74) is 6.88. The number of rotatable bonds is 5. The van der Waals surface area contributed by atoms with E-state index in [1.807, 2.05) is 0 Å². The average Bonchev–Trinajstić information content (AvgIpc) is 2.19. The zero-order chi connectivity index (χ0) is 13.9. The molecule has 0 aromatic carbocycles. The topological polar surface area (TPSA) is 29.3 Å². The molecule has 0 saturated heterocycles. The summed E-state index contributed by atoms with van der Waals surface area (Å²) in [6.45, 7) is 16.4. The highest BCUT2D eigenvalue weighted by Crippen LogP contribution is 2.37. The molecule has 0 aromatic rings. The molecule has 0 bridgehead atoms. The lowest BCUT2D eigenvalue weighted by atomic mass is 9.72. The van der Waals surface area contributed by atoms with Crippen molar-refractivity contribution in [2.24, 2.45) is 23.0 Å². The summed E-state index contributed by atoms with van der Waals surface area (Å²) in [6.07, 6.45) is 3.72. The van der Waals surface area contributed by atoms with Crippen LogP contribution in [0.4, 0.5) is 0 Å². The molecule has 0 aliphatic heterocycles. The number of nitrogens with zero attached hydrogens (tertiary/aromatic N) is 1. The quantitative estimate of drug-likeness (QED) is 0.813. The van der Waals surface area contributed by atoms with E-state index >= 15 is 0 Å². The predicted octanol–water partition coefficient (Wildman–Crippen LogP) is 3.51. The molecule has 108 valence electrons. The molecule has 1 aliphatic rings. The van der Waals surface area contributed by atoms with Crippen molar-refractivity contribution in [1.29, 1.82) is 0 Å². The minimum absolute atomic E-state index is 0.371. The van der Waals surface area contributed by atoms with Crippen molar-refractivity contribution >= 4 is 0 Å². The van der Waals surface area contributed by atoms with Crippen LogP contribution >= 0.6 is 0 Å². The Hall–Kier alpha value is -0.0800. The Labute approximate surface area is 114 Å². The molecule has 1 saturated carbocycles. The van der Waals surface area contributed by atoms with Gasteiger partial charge in [-0.1, -0.05) is 41.5 Å². The normalized spacial score (nSPS) is 28.3. The summed E-state index contributed by atoms with van der Waals surface area (Å²) in [4.78, 5) is 2.67. The first-order valence-electron chi connectivity index (χ1n) is 7.71. The van der Waals surface area contributed by atoms with Gasteiger partial charge in [0, 0.05) is 25.2 Å². The predicted molar refractivity (Wildman–Crippen MR) is 80.6 cm³/mol. The Morgan fingerprint density at radius 3 is 2.06 bits per heavy atom. The lowest BCUT2D eigenvalue weighted by molar-refractivity contribution is 0.0610. The van der Waals surface area contributed by atoms with Crippen molar-refractivity contribution in [3.05, 3.63) is 0 Å². The molecule has 2 nitrogen and oxygen atoms in total. The highest BCUT2D eigenvalue weighted by atomic mass is 15.2. The van der Waals surface area contributed by atoms with Crippen LogP contribution in [0.1, 0.15) is 60.8 Å². The van der Waals surface area contributed by atoms with Crippen LogP contribution in [0.25, 0.3) is 0 Å². The molecule has 0 amide bonds. The fourth-order valence-electron chi connectivity index (χ4n) is 3.25. The van der Waals surface area contributed by atoms with Gasteiger partial charge in [0.2, 0.25) is 0 Å². The van der Waals surface area contributed by atoms with Crippen LogP contribution < -0.4 is 5.73 Å². The van der Waals surface area contributed by atoms with Gasteiger partial charge in [-0.25, -0.2) is 0 Å². The monoisotopic (exact) mass is 254 g/mol. The van der Waals surface area contributed by atoms with E-state index in [2.05, 4.69) is 46.4 Å². The van der Waals surface area contributed by atoms with Crippen LogP contribution in [-0.2, 0) is 0 Å². The number of hydrogen-bond donors (Lipinski definition) is 1. The second kappa shape index (κ2) is 6.38. The van der Waals surface area contributed by atoms with E-state index < -0.39 is 0 Å². The van der Waals surface area contributed by atoms with E-state index in [1.54, 1.807) is 0 Å². The first-order chi connectivity index (χ1) is 8.21. The fourth-order valence-corrected chi connectivity index (χ4v) is 3.25. The number of hydrogen-bond acceptors (Lipinski definition) is 2. The Morgan fingerprint density at radius 2 is 1.61 bits per heavy atom. The van der Waals surface area contributed by atoms with E-state index in [4.69, 9.17) is 5.73 Å². The number of nitrogens with two attached hydrogens (primary N) is 1. The van der Waals surface area contributed by atoms with Crippen molar-refractivity contribution < 1.29 is 0 Å². The van der Waals surface area contributed by atoms with Gasteiger partial charge >= 0.3 is 0 Å². The Bertz CT molecular complexity index is 235. The molecule has 2 N–H and O–H groups in total. The Kier molecular flexibility index (Phi) is 5.67. The molecule has 1 fully saturated rings. The van der Waals surface area contributed by atoms with Gasteiger partial charge in [-0.05, 0) is 36.5 Å². The van der Waals surface area contributed by atoms with Gasteiger partial charge in [0.05, 0.1) is 0 Å². The van der Waals surface area contributed by atoms with Crippen LogP contribution in [-0.4, -0.2) is 30.1 Å². The SMILES string of the molecule is CC(C)CN(CC(C)C)C1CC(C)(C)CCC1N. The van der Waals surface area contributed by atoms with Crippen molar-refractivity contribution in [2.45, 2.75) is 72.9 Å². The maximum atomic E-state index is 6.41. The van der Waals surface area contributed by atoms with Gasteiger partial charge in [-0.2, -0.15) is 0 Å². The summed E-state index contributed by atoms with van der Waals surface area (Å²) >= 11 is 0. The summed E-state index contributed by atoms with van der Waals surface area (Å²) in [5, 5.41) is 0. The summed E-state index contributed by atoms with van der Waals surface area (Å²) in [5.74, 6) is 1.45. The smallest absolute Gasteiger partial charge is 0.0252 e. The van der Waals surface area contributed by atoms with Gasteiger partial charge < -0.3 is 5.73 Å². The zero-order valence-electron chi connectivity index (χ0n) is 13.4. The van der Waals surface area contributed by atoms with Gasteiger partial charge in [0.15, 0.2) is 0 Å². The molecular weight excluding hydrogens is 220 g/mol. The zero-order valence-corrected chi connectivity index (χ0v) is 13.4. The fraction of sp³-hybridized carbons (Fsp3) is 1.00. The van der Waals surface area contributed by atoms with Crippen molar-refractivity contribution in [1.82, 2.24) is 4.90 Å². The second-order valence-corrected chi connectivity index (χ2v) is 7.88. The van der Waals surface area contributed by atoms with E-state index in [0.717, 1.165) is 11.8 Å². The molecule has 0 radical (unpaired) electrons. The second-order valence-electron chi connectivity index (χ2n) is 7.88. The standard InChI is InChI=1S/C16H34N2/c1-12(2)10-18(11-13(3)4)15-9-16(5,6)8-7-14(15)17/h12-15H,7-11,17H2,1-6H3. The molecule has 1 aliphatic carbocycles. The van der Waals surface area contributed by atoms with Gasteiger partial charge in [0.1, 0.15) is 0 Å². The lowest BCUT2D eigenvalue weighted by Crippen LogP contribution is -2.54. The highest BCUT2D eigenvalue weighted by Gasteiger charge is 2.36. The third-order valence-electron chi connectivity index (χ3n) is 4.08. The Balaban J connectivity index is 2.74. The van der Waals surface area contributed by atoms with Crippen molar-refractivity contribution in [3.63, 3.8) is 0 Å². The molecule has 1 rings (SSSR count). The molecule has 2 heteroatoms. The molecular formula is C16H34N2. The van der Waals surface area contributed by atoms with Gasteiger partial charge in [-0.15, -0.1) is 0 Å². The molecule has 0 aromatic heterocycles.